The summed E-state index contributed by atoms with van der Waals surface area (Å²) in [6, 6.07) is 1.96. The fraction of sp³-hybridized carbons (Fsp3) is 0.500. The third-order valence-electron chi connectivity index (χ3n) is 2.64. The van der Waals surface area contributed by atoms with Gasteiger partial charge >= 0.3 is 0 Å². The summed E-state index contributed by atoms with van der Waals surface area (Å²) in [5, 5.41) is 2.86. The van der Waals surface area contributed by atoms with Gasteiger partial charge in [-0.15, -0.1) is 0 Å². The Hall–Kier alpha value is -1.58. The zero-order chi connectivity index (χ0) is 11.9. The van der Waals surface area contributed by atoms with Gasteiger partial charge in [0.2, 0.25) is 5.91 Å². The van der Waals surface area contributed by atoms with E-state index in [1.54, 1.807) is 0 Å². The van der Waals surface area contributed by atoms with Crippen molar-refractivity contribution in [3.8, 4) is 0 Å². The number of carbonyl (C=O) groups is 1. The molecule has 1 aromatic heterocycles. The molecule has 0 aliphatic carbocycles. The maximum atomic E-state index is 11.6. The van der Waals surface area contributed by atoms with Crippen LogP contribution in [0.2, 0.25) is 0 Å². The maximum absolute atomic E-state index is 11.6. The Morgan fingerprint density at radius 1 is 1.44 bits per heavy atom. The highest BCUT2D eigenvalue weighted by atomic mass is 16.2. The SMILES string of the molecule is Cc1cnc2c(c1)NC(=O)CN2C(C)(C)C. The van der Waals surface area contributed by atoms with E-state index in [1.807, 2.05) is 24.1 Å². The van der Waals surface area contributed by atoms with Gasteiger partial charge < -0.3 is 10.2 Å². The molecule has 0 radical (unpaired) electrons. The number of nitrogens with zero attached hydrogens (tertiary/aromatic N) is 2. The van der Waals surface area contributed by atoms with E-state index in [0.717, 1.165) is 17.1 Å². The normalized spacial score (nSPS) is 15.8. The number of amides is 1. The average Bonchev–Trinajstić information content (AvgIpc) is 2.14. The van der Waals surface area contributed by atoms with Gasteiger partial charge in [-0.3, -0.25) is 4.79 Å². The molecular formula is C12H17N3O. The Morgan fingerprint density at radius 3 is 2.75 bits per heavy atom. The first-order chi connectivity index (χ1) is 7.38. The van der Waals surface area contributed by atoms with Crippen molar-refractivity contribution in [3.63, 3.8) is 0 Å². The Balaban J connectivity index is 2.50. The van der Waals surface area contributed by atoms with Crippen molar-refractivity contribution in [2.75, 3.05) is 16.8 Å². The van der Waals surface area contributed by atoms with Gasteiger partial charge in [-0.2, -0.15) is 0 Å². The standard InChI is InChI=1S/C12H17N3O/c1-8-5-9-11(13-6-8)15(12(2,3)4)7-10(16)14-9/h5-6H,7H2,1-4H3,(H,14,16). The number of hydrogen-bond donors (Lipinski definition) is 1. The van der Waals surface area contributed by atoms with Gasteiger partial charge in [0, 0.05) is 11.7 Å². The highest BCUT2D eigenvalue weighted by Gasteiger charge is 2.31. The molecule has 0 saturated heterocycles. The predicted octanol–water partition coefficient (Wildman–Crippen LogP) is 1.95. The van der Waals surface area contributed by atoms with E-state index in [-0.39, 0.29) is 11.4 Å². The van der Waals surface area contributed by atoms with Gasteiger partial charge in [0.05, 0.1) is 12.2 Å². The van der Waals surface area contributed by atoms with Crippen LogP contribution < -0.4 is 10.2 Å². The zero-order valence-corrected chi connectivity index (χ0v) is 10.2. The number of aryl methyl sites for hydroxylation is 1. The summed E-state index contributed by atoms with van der Waals surface area (Å²) in [6.07, 6.45) is 1.83. The van der Waals surface area contributed by atoms with Crippen LogP contribution in [0.1, 0.15) is 26.3 Å². The first-order valence-corrected chi connectivity index (χ1v) is 5.42. The first kappa shape index (κ1) is 10.9. The third kappa shape index (κ3) is 1.87. The Morgan fingerprint density at radius 2 is 2.12 bits per heavy atom. The number of rotatable bonds is 0. The van der Waals surface area contributed by atoms with Crippen molar-refractivity contribution in [1.29, 1.82) is 0 Å². The van der Waals surface area contributed by atoms with Crippen molar-refractivity contribution < 1.29 is 4.79 Å². The molecule has 0 bridgehead atoms. The lowest BCUT2D eigenvalue weighted by atomic mass is 10.0. The van der Waals surface area contributed by atoms with E-state index in [4.69, 9.17) is 0 Å². The third-order valence-corrected chi connectivity index (χ3v) is 2.64. The van der Waals surface area contributed by atoms with Crippen molar-refractivity contribution in [3.05, 3.63) is 17.8 Å². The number of aromatic nitrogens is 1. The van der Waals surface area contributed by atoms with Crippen LogP contribution >= 0.6 is 0 Å². The number of nitrogens with one attached hydrogen (secondary N) is 1. The predicted molar refractivity (Wildman–Crippen MR) is 64.7 cm³/mol. The van der Waals surface area contributed by atoms with Gasteiger partial charge in [0.25, 0.3) is 0 Å². The van der Waals surface area contributed by atoms with Crippen LogP contribution in [0.4, 0.5) is 11.5 Å². The summed E-state index contributed by atoms with van der Waals surface area (Å²) < 4.78 is 0. The summed E-state index contributed by atoms with van der Waals surface area (Å²) in [4.78, 5) is 18.1. The Bertz CT molecular complexity index is 434. The molecular weight excluding hydrogens is 202 g/mol. The molecule has 86 valence electrons. The van der Waals surface area contributed by atoms with Crippen molar-refractivity contribution in [2.45, 2.75) is 33.2 Å². The lowest BCUT2D eigenvalue weighted by Crippen LogP contribution is -2.49. The van der Waals surface area contributed by atoms with E-state index in [1.165, 1.54) is 0 Å². The van der Waals surface area contributed by atoms with Gasteiger partial charge in [-0.25, -0.2) is 4.98 Å². The fourth-order valence-electron chi connectivity index (χ4n) is 1.83. The highest BCUT2D eigenvalue weighted by molar-refractivity contribution is 6.00. The average molecular weight is 219 g/mol. The van der Waals surface area contributed by atoms with E-state index < -0.39 is 0 Å². The van der Waals surface area contributed by atoms with E-state index in [2.05, 4.69) is 31.1 Å². The summed E-state index contributed by atoms with van der Waals surface area (Å²) in [7, 11) is 0. The lowest BCUT2D eigenvalue weighted by molar-refractivity contribution is -0.115. The number of pyridine rings is 1. The van der Waals surface area contributed by atoms with Crippen LogP contribution in [0.5, 0.6) is 0 Å². The minimum atomic E-state index is -0.102. The van der Waals surface area contributed by atoms with Crippen LogP contribution in [-0.4, -0.2) is 23.0 Å². The number of carbonyl (C=O) groups excluding carboxylic acids is 1. The summed E-state index contributed by atoms with van der Waals surface area (Å²) in [5.41, 5.74) is 1.76. The fourth-order valence-corrected chi connectivity index (χ4v) is 1.83. The molecule has 0 atom stereocenters. The van der Waals surface area contributed by atoms with Crippen LogP contribution in [0, 0.1) is 6.92 Å². The number of anilines is 2. The minimum Gasteiger partial charge on any atom is -0.341 e. The van der Waals surface area contributed by atoms with Crippen molar-refractivity contribution >= 4 is 17.4 Å². The van der Waals surface area contributed by atoms with Gasteiger partial charge in [-0.1, -0.05) is 0 Å². The van der Waals surface area contributed by atoms with E-state index in [0.29, 0.717) is 6.54 Å². The Labute approximate surface area is 95.7 Å². The molecule has 1 aliphatic rings. The van der Waals surface area contributed by atoms with E-state index >= 15 is 0 Å². The molecule has 4 heteroatoms. The quantitative estimate of drug-likeness (QED) is 0.725. The van der Waals surface area contributed by atoms with Gasteiger partial charge in [0.15, 0.2) is 5.82 Å². The second-order valence-electron chi connectivity index (χ2n) is 5.19. The van der Waals surface area contributed by atoms with Gasteiger partial charge in [0.1, 0.15) is 0 Å². The molecule has 0 spiro atoms. The smallest absolute Gasteiger partial charge is 0.244 e. The molecule has 0 fully saturated rings. The van der Waals surface area contributed by atoms with Crippen molar-refractivity contribution in [1.82, 2.24) is 4.98 Å². The van der Waals surface area contributed by atoms with Crippen molar-refractivity contribution in [2.24, 2.45) is 0 Å². The number of fused-ring (bicyclic) bond motifs is 1. The van der Waals surface area contributed by atoms with Crippen LogP contribution in [0.15, 0.2) is 12.3 Å². The summed E-state index contributed by atoms with van der Waals surface area (Å²) >= 11 is 0. The zero-order valence-electron chi connectivity index (χ0n) is 10.2. The molecule has 1 aromatic rings. The van der Waals surface area contributed by atoms with Crippen LogP contribution in [0.3, 0.4) is 0 Å². The molecule has 1 amide bonds. The lowest BCUT2D eigenvalue weighted by Gasteiger charge is -2.39. The largest absolute Gasteiger partial charge is 0.341 e. The number of hydrogen-bond acceptors (Lipinski definition) is 3. The minimum absolute atomic E-state index is 0.0230. The maximum Gasteiger partial charge on any atom is 0.244 e. The van der Waals surface area contributed by atoms with Crippen LogP contribution in [-0.2, 0) is 4.79 Å². The second-order valence-corrected chi connectivity index (χ2v) is 5.19. The highest BCUT2D eigenvalue weighted by Crippen LogP contribution is 2.32. The molecule has 0 unspecified atom stereocenters. The summed E-state index contributed by atoms with van der Waals surface area (Å²) in [5.74, 6) is 0.882. The molecule has 1 N–H and O–H groups in total. The van der Waals surface area contributed by atoms with Gasteiger partial charge in [-0.05, 0) is 39.3 Å². The monoisotopic (exact) mass is 219 g/mol. The molecule has 2 heterocycles. The molecule has 0 saturated carbocycles. The topological polar surface area (TPSA) is 45.2 Å². The molecule has 2 rings (SSSR count). The molecule has 16 heavy (non-hydrogen) atoms. The van der Waals surface area contributed by atoms with E-state index in [9.17, 15) is 4.79 Å². The second kappa shape index (κ2) is 3.47. The van der Waals surface area contributed by atoms with Crippen LogP contribution in [0.25, 0.3) is 0 Å². The molecule has 0 aromatic carbocycles. The molecule has 4 nitrogen and oxygen atoms in total. The first-order valence-electron chi connectivity index (χ1n) is 5.42. The molecule has 1 aliphatic heterocycles. The summed E-state index contributed by atoms with van der Waals surface area (Å²) in [6.45, 7) is 8.58. The Kier molecular flexibility index (Phi) is 2.37.